The molecule has 214 valence electrons. The first-order chi connectivity index (χ1) is 19.2. The number of likely N-dealkylation sites (tertiary alicyclic amines) is 1. The third kappa shape index (κ3) is 7.34. The molecule has 4 N–H and O–H groups in total. The summed E-state index contributed by atoms with van der Waals surface area (Å²) in [6.07, 6.45) is 5.44. The second-order valence-electron chi connectivity index (χ2n) is 9.89. The van der Waals surface area contributed by atoms with Gasteiger partial charge in [-0.05, 0) is 82.7 Å². The monoisotopic (exact) mass is 618 g/mol. The van der Waals surface area contributed by atoms with Gasteiger partial charge in [0, 0.05) is 62.9 Å². The molecule has 3 aromatic rings. The van der Waals surface area contributed by atoms with Gasteiger partial charge in [0.1, 0.15) is 23.4 Å². The van der Waals surface area contributed by atoms with E-state index < -0.39 is 23.5 Å². The molecule has 1 unspecified atom stereocenters. The highest BCUT2D eigenvalue weighted by Gasteiger charge is 2.43. The number of ether oxygens (including phenoxy) is 1. The molecule has 1 fully saturated rings. The predicted octanol–water partition coefficient (Wildman–Crippen LogP) is 3.89. The number of nitrogens with zero attached hydrogens (tertiary/aromatic N) is 1. The summed E-state index contributed by atoms with van der Waals surface area (Å²) < 4.78 is 32.6. The van der Waals surface area contributed by atoms with E-state index in [2.05, 4.69) is 31.5 Å². The Labute approximate surface area is 239 Å². The molecule has 1 aromatic heterocycles. The fraction of sp³-hybridized carbons (Fsp3) is 0.379. The molecule has 2 aromatic carbocycles. The van der Waals surface area contributed by atoms with E-state index in [0.717, 1.165) is 16.5 Å². The lowest BCUT2D eigenvalue weighted by Crippen LogP contribution is -2.64. The van der Waals surface area contributed by atoms with Crippen LogP contribution < -0.4 is 10.6 Å². The zero-order valence-corrected chi connectivity index (χ0v) is 23.8. The quantitative estimate of drug-likeness (QED) is 0.244. The Morgan fingerprint density at radius 1 is 1.23 bits per heavy atom. The molecule has 1 aliphatic heterocycles. The Morgan fingerprint density at radius 2 is 2.00 bits per heavy atom. The highest BCUT2D eigenvalue weighted by Crippen LogP contribution is 2.26. The number of benzene rings is 2. The lowest BCUT2D eigenvalue weighted by atomic mass is 9.85. The van der Waals surface area contributed by atoms with Gasteiger partial charge >= 0.3 is 0 Å². The number of hydrogen-bond acceptors (Lipinski definition) is 5. The molecule has 0 radical (unpaired) electrons. The summed E-state index contributed by atoms with van der Waals surface area (Å²) in [5.74, 6) is -1.53. The predicted molar refractivity (Wildman–Crippen MR) is 152 cm³/mol. The number of carbonyl (C=O) groups is 2. The molecule has 2 heterocycles. The summed E-state index contributed by atoms with van der Waals surface area (Å²) in [7, 11) is 1.57. The van der Waals surface area contributed by atoms with Crippen LogP contribution >= 0.6 is 15.9 Å². The van der Waals surface area contributed by atoms with Crippen molar-refractivity contribution in [1.82, 2.24) is 20.5 Å². The summed E-state index contributed by atoms with van der Waals surface area (Å²) in [6.45, 7) is 1.49. The van der Waals surface area contributed by atoms with Crippen molar-refractivity contribution in [1.29, 1.82) is 0 Å². The molecule has 11 heteroatoms. The van der Waals surface area contributed by atoms with Gasteiger partial charge in [-0.3, -0.25) is 14.5 Å². The van der Waals surface area contributed by atoms with Crippen LogP contribution in [0.5, 0.6) is 0 Å². The lowest BCUT2D eigenvalue weighted by Gasteiger charge is -2.42. The van der Waals surface area contributed by atoms with Crippen LogP contribution in [-0.2, 0) is 20.7 Å². The number of aliphatic hydroxyl groups excluding tert-OH is 1. The lowest BCUT2D eigenvalue weighted by molar-refractivity contribution is -0.136. The Kier molecular flexibility index (Phi) is 10.1. The van der Waals surface area contributed by atoms with Crippen LogP contribution in [0.1, 0.15) is 30.4 Å². The number of amides is 2. The Bertz CT molecular complexity index is 1370. The van der Waals surface area contributed by atoms with Gasteiger partial charge in [-0.2, -0.15) is 0 Å². The highest BCUT2D eigenvalue weighted by molar-refractivity contribution is 9.10. The molecule has 2 amide bonds. The minimum absolute atomic E-state index is 0.281. The highest BCUT2D eigenvalue weighted by atomic mass is 79.9. The van der Waals surface area contributed by atoms with Gasteiger partial charge in [-0.1, -0.05) is 6.07 Å². The van der Waals surface area contributed by atoms with Gasteiger partial charge in [-0.25, -0.2) is 8.78 Å². The van der Waals surface area contributed by atoms with Gasteiger partial charge in [0.15, 0.2) is 0 Å². The third-order valence-electron chi connectivity index (χ3n) is 7.23. The van der Waals surface area contributed by atoms with Crippen LogP contribution in [0.15, 0.2) is 53.1 Å². The van der Waals surface area contributed by atoms with Crippen LogP contribution in [0.25, 0.3) is 17.0 Å². The maximum absolute atomic E-state index is 13.7. The summed E-state index contributed by atoms with van der Waals surface area (Å²) >= 11 is 3.13. The van der Waals surface area contributed by atoms with Crippen LogP contribution in [0.4, 0.5) is 8.78 Å². The molecule has 0 aliphatic carbocycles. The van der Waals surface area contributed by atoms with Gasteiger partial charge < -0.3 is 25.5 Å². The molecule has 8 nitrogen and oxygen atoms in total. The minimum Gasteiger partial charge on any atom is -0.385 e. The number of methoxy groups -OCH3 is 1. The first kappa shape index (κ1) is 29.9. The number of aliphatic hydroxyl groups is 1. The fourth-order valence-electron chi connectivity index (χ4n) is 4.92. The summed E-state index contributed by atoms with van der Waals surface area (Å²) in [5.41, 5.74) is 1.12. The van der Waals surface area contributed by atoms with Gasteiger partial charge in [0.05, 0.1) is 4.47 Å². The van der Waals surface area contributed by atoms with Crippen molar-refractivity contribution < 1.29 is 28.2 Å². The normalized spacial score (nSPS) is 16.3. The number of aromatic nitrogens is 1. The van der Waals surface area contributed by atoms with Crippen molar-refractivity contribution in [3.63, 3.8) is 0 Å². The van der Waals surface area contributed by atoms with Gasteiger partial charge in [-0.15, -0.1) is 0 Å². The van der Waals surface area contributed by atoms with E-state index in [9.17, 15) is 23.5 Å². The number of halogens is 3. The van der Waals surface area contributed by atoms with E-state index in [1.165, 1.54) is 24.3 Å². The van der Waals surface area contributed by atoms with Gasteiger partial charge in [0.25, 0.3) is 0 Å². The summed E-state index contributed by atoms with van der Waals surface area (Å²) in [4.78, 5) is 31.5. The first-order valence-electron chi connectivity index (χ1n) is 13.1. The maximum atomic E-state index is 13.7. The first-order valence-corrected chi connectivity index (χ1v) is 13.9. The molecule has 40 heavy (non-hydrogen) atoms. The summed E-state index contributed by atoms with van der Waals surface area (Å²) in [6, 6.07) is 8.91. The van der Waals surface area contributed by atoms with Crippen LogP contribution in [0.3, 0.4) is 0 Å². The molecule has 0 spiro atoms. The van der Waals surface area contributed by atoms with E-state index in [-0.39, 0.29) is 16.2 Å². The number of H-pyrrole nitrogens is 1. The zero-order valence-electron chi connectivity index (χ0n) is 22.2. The Hall–Kier alpha value is -3.12. The maximum Gasteiger partial charge on any atom is 0.245 e. The zero-order chi connectivity index (χ0) is 28.7. The average Bonchev–Trinajstić information content (AvgIpc) is 3.34. The van der Waals surface area contributed by atoms with Crippen molar-refractivity contribution in [2.24, 2.45) is 0 Å². The van der Waals surface area contributed by atoms with Crippen molar-refractivity contribution in [3.05, 3.63) is 75.9 Å². The van der Waals surface area contributed by atoms with Crippen LogP contribution in [0.2, 0.25) is 0 Å². The number of piperidine rings is 1. The third-order valence-corrected chi connectivity index (χ3v) is 7.84. The van der Waals surface area contributed by atoms with Crippen LogP contribution in [-0.4, -0.2) is 71.9 Å². The van der Waals surface area contributed by atoms with E-state index in [4.69, 9.17) is 4.74 Å². The minimum atomic E-state index is -1.19. The summed E-state index contributed by atoms with van der Waals surface area (Å²) in [5, 5.41) is 17.1. The number of hydrogen-bond donors (Lipinski definition) is 4. The Balaban J connectivity index is 1.44. The number of fused-ring (bicyclic) bond motifs is 1. The molecular weight excluding hydrogens is 586 g/mol. The number of rotatable bonds is 11. The van der Waals surface area contributed by atoms with Crippen molar-refractivity contribution in [3.8, 4) is 0 Å². The van der Waals surface area contributed by atoms with E-state index in [1.807, 2.05) is 4.90 Å². The number of aromatic amines is 1. The second-order valence-corrected chi connectivity index (χ2v) is 10.7. The van der Waals surface area contributed by atoms with E-state index in [0.29, 0.717) is 57.5 Å². The topological polar surface area (TPSA) is 107 Å². The fourth-order valence-corrected chi connectivity index (χ4v) is 5.32. The molecule has 1 atom stereocenters. The molecular formula is C29H33BrF2N4O4. The van der Waals surface area contributed by atoms with Crippen molar-refractivity contribution in [2.45, 2.75) is 37.5 Å². The SMILES string of the molecule is COCCC(O)N1CCC(NC(=O)C=Cc2ccc(F)c(Br)c2)(C(=O)NCCc2c[nH]c3ccc(F)cc23)CC1. The van der Waals surface area contributed by atoms with Crippen molar-refractivity contribution in [2.75, 3.05) is 33.4 Å². The average molecular weight is 620 g/mol. The van der Waals surface area contributed by atoms with Crippen molar-refractivity contribution >= 4 is 44.7 Å². The smallest absolute Gasteiger partial charge is 0.245 e. The molecule has 0 saturated carbocycles. The van der Waals surface area contributed by atoms with Gasteiger partial charge in [0.2, 0.25) is 11.8 Å². The molecule has 1 aliphatic rings. The second kappa shape index (κ2) is 13.5. The van der Waals surface area contributed by atoms with E-state index in [1.54, 1.807) is 37.6 Å². The standard InChI is InChI=1S/C29H33BrF2N4O4/c1-40-15-9-27(38)36-13-10-29(11-14-36,35-26(37)7-3-19-2-5-24(32)23(30)16-19)28(39)33-12-8-20-18-34-25-6-4-21(31)17-22(20)25/h2-7,16-18,27,34,38H,8-15H2,1H3,(H,33,39)(H,35,37). The largest absolute Gasteiger partial charge is 0.385 e. The van der Waals surface area contributed by atoms with E-state index >= 15 is 0 Å². The molecule has 1 saturated heterocycles. The molecule has 4 rings (SSSR count). The number of carbonyl (C=O) groups excluding carboxylic acids is 2. The molecule has 0 bridgehead atoms. The number of nitrogens with one attached hydrogen (secondary N) is 3. The Morgan fingerprint density at radius 3 is 2.73 bits per heavy atom. The van der Waals surface area contributed by atoms with Crippen LogP contribution in [0, 0.1) is 11.6 Å².